The van der Waals surface area contributed by atoms with E-state index in [4.69, 9.17) is 4.74 Å². The molecule has 4 rings (SSSR count). The third-order valence-corrected chi connectivity index (χ3v) is 5.41. The van der Waals surface area contributed by atoms with E-state index in [1.807, 2.05) is 54.8 Å². The van der Waals surface area contributed by atoms with E-state index in [0.29, 0.717) is 12.3 Å². The first-order chi connectivity index (χ1) is 14.8. The zero-order valence-electron chi connectivity index (χ0n) is 16.9. The molecule has 0 saturated heterocycles. The lowest BCUT2D eigenvalue weighted by Gasteiger charge is -2.09. The summed E-state index contributed by atoms with van der Waals surface area (Å²) in [6.07, 6.45) is 3.42. The molecule has 3 aromatic carbocycles. The minimum atomic E-state index is -0.0924. The highest BCUT2D eigenvalue weighted by atomic mass is 32.2. The molecule has 0 spiro atoms. The molecule has 0 atom stereocenters. The molecule has 1 aromatic heterocycles. The number of aryl methyl sites for hydroxylation is 1. The highest BCUT2D eigenvalue weighted by Crippen LogP contribution is 2.26. The summed E-state index contributed by atoms with van der Waals surface area (Å²) >= 11 is 1.30. The van der Waals surface area contributed by atoms with Crippen molar-refractivity contribution in [2.45, 2.75) is 12.8 Å². The van der Waals surface area contributed by atoms with E-state index in [1.54, 1.807) is 0 Å². The summed E-state index contributed by atoms with van der Waals surface area (Å²) in [7, 11) is 0. The van der Waals surface area contributed by atoms with Crippen LogP contribution in [0.4, 0.5) is 0 Å². The van der Waals surface area contributed by atoms with Gasteiger partial charge in [-0.15, -0.1) is 0 Å². The number of rotatable bonds is 8. The summed E-state index contributed by atoms with van der Waals surface area (Å²) in [5, 5.41) is 1.09. The molecule has 0 aliphatic carbocycles. The number of carbonyl (C=O) groups excluding carboxylic acids is 1. The molecule has 0 radical (unpaired) electrons. The Morgan fingerprint density at radius 2 is 1.73 bits per heavy atom. The van der Waals surface area contributed by atoms with Crippen LogP contribution in [0.25, 0.3) is 22.0 Å². The van der Waals surface area contributed by atoms with Gasteiger partial charge in [-0.1, -0.05) is 72.6 Å². The predicted octanol–water partition coefficient (Wildman–Crippen LogP) is 5.85. The van der Waals surface area contributed by atoms with Crippen LogP contribution in [0.1, 0.15) is 22.5 Å². The van der Waals surface area contributed by atoms with Crippen molar-refractivity contribution in [1.82, 2.24) is 9.71 Å². The van der Waals surface area contributed by atoms with Gasteiger partial charge in [-0.25, -0.2) is 0 Å². The van der Waals surface area contributed by atoms with Crippen molar-refractivity contribution in [2.24, 2.45) is 0 Å². The fourth-order valence-corrected chi connectivity index (χ4v) is 3.92. The molecule has 0 fully saturated rings. The number of nitrogens with one attached hydrogen (secondary N) is 2. The second-order valence-corrected chi connectivity index (χ2v) is 7.62. The third-order valence-electron chi connectivity index (χ3n) is 5.02. The molecule has 0 bridgehead atoms. The van der Waals surface area contributed by atoms with E-state index in [-0.39, 0.29) is 5.91 Å². The first-order valence-corrected chi connectivity index (χ1v) is 11.2. The minimum Gasteiger partial charge on any atom is -0.494 e. The largest absolute Gasteiger partial charge is 0.494 e. The van der Waals surface area contributed by atoms with Crippen molar-refractivity contribution >= 4 is 28.8 Å². The molecule has 152 valence electrons. The van der Waals surface area contributed by atoms with Gasteiger partial charge in [0.05, 0.1) is 6.61 Å². The molecule has 30 heavy (non-hydrogen) atoms. The minimum absolute atomic E-state index is 0.0924. The number of para-hydroxylation sites is 1. The van der Waals surface area contributed by atoms with Gasteiger partial charge in [0.1, 0.15) is 11.4 Å². The average molecular weight is 417 g/mol. The Morgan fingerprint density at radius 3 is 2.57 bits per heavy atom. The summed E-state index contributed by atoms with van der Waals surface area (Å²) in [5.74, 6) is 0.765. The maximum atomic E-state index is 12.5. The topological polar surface area (TPSA) is 54.1 Å². The molecule has 0 aliphatic rings. The monoisotopic (exact) mass is 416 g/mol. The highest BCUT2D eigenvalue weighted by Gasteiger charge is 2.17. The first kappa shape index (κ1) is 20.1. The SMILES string of the molecule is CSNC(=O)c1[nH]c2ccccc2c1CCCOc1cccc(-c2ccccc2)c1. The number of H-pyrrole nitrogens is 1. The Labute approximate surface area is 180 Å². The van der Waals surface area contributed by atoms with Gasteiger partial charge >= 0.3 is 0 Å². The number of aromatic amines is 1. The molecule has 4 aromatic rings. The van der Waals surface area contributed by atoms with Crippen molar-refractivity contribution in [3.63, 3.8) is 0 Å². The van der Waals surface area contributed by atoms with Crippen LogP contribution >= 0.6 is 11.9 Å². The lowest BCUT2D eigenvalue weighted by molar-refractivity contribution is 0.0979. The van der Waals surface area contributed by atoms with Crippen molar-refractivity contribution in [3.05, 3.63) is 90.1 Å². The number of hydrogen-bond donors (Lipinski definition) is 2. The molecule has 1 heterocycles. The van der Waals surface area contributed by atoms with Gasteiger partial charge in [-0.2, -0.15) is 0 Å². The van der Waals surface area contributed by atoms with Crippen LogP contribution in [0.3, 0.4) is 0 Å². The van der Waals surface area contributed by atoms with Gasteiger partial charge in [0.25, 0.3) is 5.91 Å². The van der Waals surface area contributed by atoms with Gasteiger partial charge in [0, 0.05) is 17.2 Å². The van der Waals surface area contributed by atoms with Crippen LogP contribution in [0.5, 0.6) is 5.75 Å². The van der Waals surface area contributed by atoms with E-state index in [0.717, 1.165) is 40.6 Å². The molecular weight excluding hydrogens is 392 g/mol. The molecule has 0 aliphatic heterocycles. The molecule has 0 unspecified atom stereocenters. The zero-order chi connectivity index (χ0) is 20.8. The second kappa shape index (κ2) is 9.55. The average Bonchev–Trinajstić information content (AvgIpc) is 3.16. The lowest BCUT2D eigenvalue weighted by Crippen LogP contribution is -2.17. The number of carbonyl (C=O) groups is 1. The van der Waals surface area contributed by atoms with E-state index in [1.165, 1.54) is 17.5 Å². The number of fused-ring (bicyclic) bond motifs is 1. The summed E-state index contributed by atoms with van der Waals surface area (Å²) in [6, 6.07) is 26.5. The lowest BCUT2D eigenvalue weighted by atomic mass is 10.1. The van der Waals surface area contributed by atoms with Crippen LogP contribution in [-0.4, -0.2) is 23.8 Å². The zero-order valence-corrected chi connectivity index (χ0v) is 17.7. The van der Waals surface area contributed by atoms with Crippen LogP contribution < -0.4 is 9.46 Å². The number of ether oxygens (including phenoxy) is 1. The van der Waals surface area contributed by atoms with Gasteiger partial charge in [0.2, 0.25) is 0 Å². The molecule has 5 heteroatoms. The number of hydrogen-bond acceptors (Lipinski definition) is 3. The molecule has 4 nitrogen and oxygen atoms in total. The van der Waals surface area contributed by atoms with Crippen LogP contribution in [0.15, 0.2) is 78.9 Å². The van der Waals surface area contributed by atoms with E-state index in [2.05, 4.69) is 40.0 Å². The quantitative estimate of drug-likeness (QED) is 0.280. The van der Waals surface area contributed by atoms with Gasteiger partial charge in [-0.3, -0.25) is 9.52 Å². The van der Waals surface area contributed by atoms with E-state index in [9.17, 15) is 4.79 Å². The maximum Gasteiger partial charge on any atom is 0.277 e. The van der Waals surface area contributed by atoms with Crippen LogP contribution in [0, 0.1) is 0 Å². The predicted molar refractivity (Wildman–Crippen MR) is 125 cm³/mol. The summed E-state index contributed by atoms with van der Waals surface area (Å²) in [6.45, 7) is 0.585. The Morgan fingerprint density at radius 1 is 0.967 bits per heavy atom. The maximum absolute atomic E-state index is 12.5. The number of benzene rings is 3. The normalized spacial score (nSPS) is 10.8. The third kappa shape index (κ3) is 4.52. The van der Waals surface area contributed by atoms with Gasteiger partial charge in [0.15, 0.2) is 0 Å². The number of amides is 1. The van der Waals surface area contributed by atoms with Crippen molar-refractivity contribution < 1.29 is 9.53 Å². The van der Waals surface area contributed by atoms with Crippen molar-refractivity contribution in [3.8, 4) is 16.9 Å². The standard InChI is InChI=1S/C25H24N2O2S/c1-30-27-25(28)24-22(21-13-5-6-15-23(21)26-24)14-8-16-29-20-12-7-11-19(17-20)18-9-3-2-4-10-18/h2-7,9-13,15,17,26H,8,14,16H2,1H3,(H,27,28). The summed E-state index contributed by atoms with van der Waals surface area (Å²) in [4.78, 5) is 15.7. The molecule has 2 N–H and O–H groups in total. The first-order valence-electron chi connectivity index (χ1n) is 9.97. The van der Waals surface area contributed by atoms with Gasteiger partial charge < -0.3 is 9.72 Å². The molecule has 0 saturated carbocycles. The van der Waals surface area contributed by atoms with Gasteiger partial charge in [-0.05, 0) is 47.7 Å². The van der Waals surface area contributed by atoms with Crippen molar-refractivity contribution in [1.29, 1.82) is 0 Å². The second-order valence-electron chi connectivity index (χ2n) is 7.01. The smallest absolute Gasteiger partial charge is 0.277 e. The Hall–Kier alpha value is -3.18. The fourth-order valence-electron chi connectivity index (χ4n) is 3.63. The van der Waals surface area contributed by atoms with Crippen LogP contribution in [-0.2, 0) is 6.42 Å². The molecular formula is C25H24N2O2S. The fraction of sp³-hybridized carbons (Fsp3) is 0.160. The van der Waals surface area contributed by atoms with Crippen molar-refractivity contribution in [2.75, 3.05) is 12.9 Å². The highest BCUT2D eigenvalue weighted by molar-refractivity contribution is 7.97. The Balaban J connectivity index is 1.43. The Bertz CT molecular complexity index is 1140. The Kier molecular flexibility index (Phi) is 6.40. The molecule has 1 amide bonds. The van der Waals surface area contributed by atoms with Crippen LogP contribution in [0.2, 0.25) is 0 Å². The van der Waals surface area contributed by atoms with E-state index < -0.39 is 0 Å². The van der Waals surface area contributed by atoms with E-state index >= 15 is 0 Å². The summed E-state index contributed by atoms with van der Waals surface area (Å²) < 4.78 is 8.83. The number of aromatic nitrogens is 1. The summed E-state index contributed by atoms with van der Waals surface area (Å²) in [5.41, 5.74) is 4.97.